The molecule has 2 unspecified atom stereocenters. The van der Waals surface area contributed by atoms with Crippen molar-refractivity contribution in [3.8, 4) is 11.4 Å². The van der Waals surface area contributed by atoms with Crippen LogP contribution >= 0.6 is 0 Å². The van der Waals surface area contributed by atoms with Crippen molar-refractivity contribution in [2.75, 3.05) is 4.90 Å². The molecule has 1 spiro atoms. The lowest BCUT2D eigenvalue weighted by molar-refractivity contribution is -0.123. The Hall–Kier alpha value is -2.17. The lowest BCUT2D eigenvalue weighted by Gasteiger charge is -2.55. The van der Waals surface area contributed by atoms with Crippen LogP contribution in [0, 0.1) is 11.8 Å². The molecule has 0 radical (unpaired) electrons. The minimum absolute atomic E-state index is 0.0342. The van der Waals surface area contributed by atoms with E-state index in [-0.39, 0.29) is 23.4 Å². The third-order valence-corrected chi connectivity index (χ3v) is 7.46. The Labute approximate surface area is 173 Å². The first-order valence-corrected chi connectivity index (χ1v) is 11.5. The first-order valence-electron chi connectivity index (χ1n) is 11.5. The molecule has 1 aromatic carbocycles. The predicted octanol–water partition coefficient (Wildman–Crippen LogP) is 5.17. The van der Waals surface area contributed by atoms with E-state index in [4.69, 9.17) is 10.1 Å². The highest BCUT2D eigenvalue weighted by Crippen LogP contribution is 2.53. The molecule has 2 heterocycles. The van der Waals surface area contributed by atoms with Gasteiger partial charge in [-0.1, -0.05) is 76.3 Å². The van der Waals surface area contributed by atoms with Crippen molar-refractivity contribution in [1.82, 2.24) is 14.8 Å². The molecule has 0 bridgehead atoms. The third-order valence-electron chi connectivity index (χ3n) is 7.46. The molecule has 5 heteroatoms. The summed E-state index contributed by atoms with van der Waals surface area (Å²) in [5.74, 6) is 2.21. The van der Waals surface area contributed by atoms with Gasteiger partial charge in [-0.2, -0.15) is 4.98 Å². The fraction of sp³-hybridized carbons (Fsp3) is 0.625. The van der Waals surface area contributed by atoms with Crippen LogP contribution in [0.1, 0.15) is 71.6 Å². The zero-order chi connectivity index (χ0) is 20.0. The van der Waals surface area contributed by atoms with Gasteiger partial charge in [0.25, 0.3) is 0 Å². The molecular formula is C24H32N4O. The number of carbonyl (C=O) groups is 1. The van der Waals surface area contributed by atoms with Gasteiger partial charge in [-0.05, 0) is 25.7 Å². The molecule has 29 heavy (non-hydrogen) atoms. The maximum atomic E-state index is 13.4. The highest BCUT2D eigenvalue weighted by Gasteiger charge is 2.55. The first-order chi connectivity index (χ1) is 14.1. The van der Waals surface area contributed by atoms with Crippen molar-refractivity contribution < 1.29 is 4.79 Å². The van der Waals surface area contributed by atoms with Crippen molar-refractivity contribution in [3.63, 3.8) is 0 Å². The number of amides is 1. The van der Waals surface area contributed by atoms with E-state index in [2.05, 4.69) is 16.8 Å². The number of aromatic nitrogens is 3. The maximum absolute atomic E-state index is 13.4. The molecule has 3 aliphatic rings. The summed E-state index contributed by atoms with van der Waals surface area (Å²) in [4.78, 5) is 20.4. The number of hydrogen-bond donors (Lipinski definition) is 0. The van der Waals surface area contributed by atoms with Crippen LogP contribution in [0.3, 0.4) is 0 Å². The van der Waals surface area contributed by atoms with Gasteiger partial charge in [0.05, 0.1) is 5.54 Å². The van der Waals surface area contributed by atoms with Crippen molar-refractivity contribution in [1.29, 1.82) is 0 Å². The Balaban J connectivity index is 1.71. The summed E-state index contributed by atoms with van der Waals surface area (Å²) in [5.41, 5.74) is 1.06. The Kier molecular flexibility index (Phi) is 4.72. The molecule has 2 saturated carbocycles. The fourth-order valence-electron chi connectivity index (χ4n) is 6.11. The maximum Gasteiger partial charge on any atom is 0.232 e. The van der Waals surface area contributed by atoms with E-state index in [0.717, 1.165) is 23.8 Å². The number of nitrogens with zero attached hydrogens (tertiary/aromatic N) is 4. The van der Waals surface area contributed by atoms with Crippen LogP contribution in [0.4, 0.5) is 5.95 Å². The van der Waals surface area contributed by atoms with Crippen LogP contribution in [-0.4, -0.2) is 26.7 Å². The molecule has 2 fully saturated rings. The average molecular weight is 393 g/mol. The molecule has 0 saturated heterocycles. The zero-order valence-electron chi connectivity index (χ0n) is 17.7. The van der Waals surface area contributed by atoms with Crippen LogP contribution in [0.25, 0.3) is 11.4 Å². The molecule has 1 aliphatic heterocycles. The molecule has 2 atom stereocenters. The molecule has 2 aliphatic carbocycles. The Morgan fingerprint density at radius 3 is 2.48 bits per heavy atom. The monoisotopic (exact) mass is 392 g/mol. The van der Waals surface area contributed by atoms with Gasteiger partial charge in [0.2, 0.25) is 11.9 Å². The lowest BCUT2D eigenvalue weighted by atomic mass is 9.64. The van der Waals surface area contributed by atoms with Crippen LogP contribution in [0.5, 0.6) is 0 Å². The van der Waals surface area contributed by atoms with Gasteiger partial charge in [-0.15, -0.1) is 5.10 Å². The van der Waals surface area contributed by atoms with Gasteiger partial charge < -0.3 is 0 Å². The van der Waals surface area contributed by atoms with Gasteiger partial charge in [0.1, 0.15) is 0 Å². The van der Waals surface area contributed by atoms with Crippen LogP contribution in [0.15, 0.2) is 30.3 Å². The average Bonchev–Trinajstić information content (AvgIpc) is 3.21. The molecular weight excluding hydrogens is 360 g/mol. The summed E-state index contributed by atoms with van der Waals surface area (Å²) in [6.07, 6.45) is 10.9. The van der Waals surface area contributed by atoms with Crippen molar-refractivity contribution >= 4 is 11.9 Å². The summed E-state index contributed by atoms with van der Waals surface area (Å²) in [6.45, 7) is 4.01. The summed E-state index contributed by atoms with van der Waals surface area (Å²) >= 11 is 0. The second-order valence-electron chi connectivity index (χ2n) is 9.50. The molecule has 0 N–H and O–H groups in total. The Bertz CT molecular complexity index is 882. The van der Waals surface area contributed by atoms with Gasteiger partial charge in [-0.25, -0.2) is 4.68 Å². The van der Waals surface area contributed by atoms with Gasteiger partial charge in [0.15, 0.2) is 5.82 Å². The lowest BCUT2D eigenvalue weighted by Crippen LogP contribution is -2.62. The highest BCUT2D eigenvalue weighted by molar-refractivity contribution is 5.94. The van der Waals surface area contributed by atoms with E-state index in [9.17, 15) is 4.79 Å². The molecule has 1 amide bonds. The summed E-state index contributed by atoms with van der Waals surface area (Å²) in [5, 5.41) is 5.09. The zero-order valence-corrected chi connectivity index (χ0v) is 17.7. The van der Waals surface area contributed by atoms with Crippen molar-refractivity contribution in [2.45, 2.75) is 83.2 Å². The quantitative estimate of drug-likeness (QED) is 0.709. The Morgan fingerprint density at radius 2 is 1.76 bits per heavy atom. The molecule has 2 aromatic rings. The van der Waals surface area contributed by atoms with Crippen LogP contribution in [-0.2, 0) is 10.3 Å². The number of hydrogen-bond acceptors (Lipinski definition) is 3. The predicted molar refractivity (Wildman–Crippen MR) is 115 cm³/mol. The van der Waals surface area contributed by atoms with Crippen LogP contribution < -0.4 is 4.90 Å². The van der Waals surface area contributed by atoms with Crippen LogP contribution in [0.2, 0.25) is 0 Å². The molecule has 1 aromatic heterocycles. The van der Waals surface area contributed by atoms with E-state index in [1.807, 2.05) is 36.9 Å². The van der Waals surface area contributed by atoms with E-state index < -0.39 is 0 Å². The van der Waals surface area contributed by atoms with Gasteiger partial charge in [-0.3, -0.25) is 9.69 Å². The summed E-state index contributed by atoms with van der Waals surface area (Å²) in [7, 11) is 0. The second-order valence-corrected chi connectivity index (χ2v) is 9.50. The summed E-state index contributed by atoms with van der Waals surface area (Å²) < 4.78 is 2.21. The summed E-state index contributed by atoms with van der Waals surface area (Å²) in [6, 6.07) is 10.5. The standard InChI is InChI=1S/C24H32N4O/c1-17(2)22(29)27-20-14-8-7-13-19(20)24(15-9-4-10-16-24)28-23(27)25-21(26-28)18-11-5-3-6-12-18/h3,5-6,11-12,17,19-20H,4,7-10,13-16H2,1-2H3. The third kappa shape index (κ3) is 2.92. The number of fused-ring (bicyclic) bond motifs is 4. The first kappa shape index (κ1) is 18.8. The number of benzene rings is 1. The fourth-order valence-corrected chi connectivity index (χ4v) is 6.11. The topological polar surface area (TPSA) is 51.0 Å². The second kappa shape index (κ2) is 7.26. The number of carbonyl (C=O) groups excluding carboxylic acids is 1. The van der Waals surface area contributed by atoms with E-state index in [1.54, 1.807) is 0 Å². The van der Waals surface area contributed by atoms with Crippen molar-refractivity contribution in [3.05, 3.63) is 30.3 Å². The molecule has 5 nitrogen and oxygen atoms in total. The normalized spacial score (nSPS) is 25.7. The van der Waals surface area contributed by atoms with E-state index >= 15 is 0 Å². The van der Waals surface area contributed by atoms with E-state index in [1.165, 1.54) is 51.4 Å². The van der Waals surface area contributed by atoms with Gasteiger partial charge >= 0.3 is 0 Å². The highest BCUT2D eigenvalue weighted by atomic mass is 16.2. The molecule has 5 rings (SSSR count). The van der Waals surface area contributed by atoms with Gasteiger partial charge in [0, 0.05) is 23.4 Å². The molecule has 154 valence electrons. The van der Waals surface area contributed by atoms with E-state index in [0.29, 0.717) is 5.92 Å². The Morgan fingerprint density at radius 1 is 1.03 bits per heavy atom. The number of anilines is 1. The minimum Gasteiger partial charge on any atom is -0.277 e. The van der Waals surface area contributed by atoms with Crippen molar-refractivity contribution in [2.24, 2.45) is 11.8 Å². The minimum atomic E-state index is -0.0386. The SMILES string of the molecule is CC(C)C(=O)N1c2nc(-c3ccccc3)nn2C2(CCCCC2)C2CCCCC21. The smallest absolute Gasteiger partial charge is 0.232 e. The number of rotatable bonds is 2. The largest absolute Gasteiger partial charge is 0.277 e.